The van der Waals surface area contributed by atoms with Gasteiger partial charge in [-0.2, -0.15) is 0 Å². The molecule has 0 atom stereocenters. The summed E-state index contributed by atoms with van der Waals surface area (Å²) < 4.78 is 5.28. The van der Waals surface area contributed by atoms with Crippen molar-refractivity contribution >= 4 is 5.97 Å². The van der Waals surface area contributed by atoms with Crippen LogP contribution < -0.4 is 0 Å². The molecule has 1 rings (SSSR count). The van der Waals surface area contributed by atoms with Crippen LogP contribution >= 0.6 is 0 Å². The van der Waals surface area contributed by atoms with Crippen LogP contribution in [0.4, 0.5) is 0 Å². The molecule has 0 aromatic heterocycles. The number of hydrogen-bond acceptors (Lipinski definition) is 4. The van der Waals surface area contributed by atoms with Gasteiger partial charge in [0, 0.05) is 25.9 Å². The third kappa shape index (κ3) is 11.1. The van der Waals surface area contributed by atoms with Crippen LogP contribution in [-0.4, -0.2) is 36.2 Å². The van der Waals surface area contributed by atoms with Gasteiger partial charge >= 0.3 is 5.97 Å². The van der Waals surface area contributed by atoms with Gasteiger partial charge < -0.3 is 14.5 Å². The Hall–Kier alpha value is -1.19. The van der Waals surface area contributed by atoms with Crippen molar-refractivity contribution in [2.75, 3.05) is 20.4 Å². The van der Waals surface area contributed by atoms with Crippen molar-refractivity contribution in [1.29, 1.82) is 0 Å². The molecule has 134 valence electrons. The van der Waals surface area contributed by atoms with E-state index in [1.807, 2.05) is 24.3 Å². The average Bonchev–Trinajstić information content (AvgIpc) is 2.96. The molecule has 1 aliphatic rings. The van der Waals surface area contributed by atoms with E-state index >= 15 is 0 Å². The zero-order chi connectivity index (χ0) is 16.8. The maximum absolute atomic E-state index is 11.7. The highest BCUT2D eigenvalue weighted by Crippen LogP contribution is 2.12. The van der Waals surface area contributed by atoms with E-state index in [0.717, 1.165) is 19.5 Å². The Morgan fingerprint density at radius 3 is 2.00 bits per heavy atom. The van der Waals surface area contributed by atoms with Crippen molar-refractivity contribution in [3.8, 4) is 0 Å². The Balaban J connectivity index is 1.80. The van der Waals surface area contributed by atoms with Crippen molar-refractivity contribution in [3.63, 3.8) is 0 Å². The highest BCUT2D eigenvalue weighted by molar-refractivity contribution is 5.69. The Labute approximate surface area is 142 Å². The summed E-state index contributed by atoms with van der Waals surface area (Å²) in [6.07, 6.45) is 18.8. The fraction of sp³-hybridized carbons (Fsp3) is 0.842. The maximum atomic E-state index is 11.7. The van der Waals surface area contributed by atoms with Crippen molar-refractivity contribution in [2.45, 2.75) is 84.0 Å². The molecule has 1 heterocycles. The van der Waals surface area contributed by atoms with Crippen LogP contribution in [0.15, 0.2) is 12.4 Å². The number of carbonyl (C=O) groups is 1. The lowest BCUT2D eigenvalue weighted by molar-refractivity contribution is -0.147. The van der Waals surface area contributed by atoms with Gasteiger partial charge in [-0.3, -0.25) is 4.79 Å². The number of unbranched alkanes of at least 4 members (excludes halogenated alkanes) is 10. The number of rotatable bonds is 14. The first-order valence-corrected chi connectivity index (χ1v) is 9.50. The predicted molar refractivity (Wildman–Crippen MR) is 95.6 cm³/mol. The first-order chi connectivity index (χ1) is 11.2. The van der Waals surface area contributed by atoms with Gasteiger partial charge in [-0.25, -0.2) is 0 Å². The molecule has 0 radical (unpaired) electrons. The molecular weight excluding hydrogens is 288 g/mol. The van der Waals surface area contributed by atoms with E-state index in [9.17, 15) is 4.79 Å². The Morgan fingerprint density at radius 2 is 1.48 bits per heavy atom. The van der Waals surface area contributed by atoms with Crippen LogP contribution in [0, 0.1) is 0 Å². The van der Waals surface area contributed by atoms with Crippen LogP contribution in [0.3, 0.4) is 0 Å². The first kappa shape index (κ1) is 19.9. The van der Waals surface area contributed by atoms with Gasteiger partial charge in [0.25, 0.3) is 0 Å². The van der Waals surface area contributed by atoms with E-state index in [1.54, 1.807) is 0 Å². The molecule has 0 unspecified atom stereocenters. The normalized spacial score (nSPS) is 13.8. The summed E-state index contributed by atoms with van der Waals surface area (Å²) in [5.74, 6) is -0.0659. The third-order valence-electron chi connectivity index (χ3n) is 4.31. The Morgan fingerprint density at radius 1 is 0.913 bits per heavy atom. The molecule has 0 N–H and O–H groups in total. The molecule has 0 aliphatic carbocycles. The van der Waals surface area contributed by atoms with Crippen LogP contribution in [0.1, 0.15) is 84.0 Å². The molecule has 0 spiro atoms. The van der Waals surface area contributed by atoms with E-state index in [0.29, 0.717) is 13.2 Å². The van der Waals surface area contributed by atoms with E-state index < -0.39 is 0 Å². The predicted octanol–water partition coefficient (Wildman–Crippen LogP) is 4.86. The molecule has 0 aromatic rings. The zero-order valence-corrected chi connectivity index (χ0v) is 15.3. The highest BCUT2D eigenvalue weighted by atomic mass is 16.5. The topological polar surface area (TPSA) is 32.8 Å². The second kappa shape index (κ2) is 13.3. The van der Waals surface area contributed by atoms with Crippen LogP contribution in [0.5, 0.6) is 0 Å². The fourth-order valence-corrected chi connectivity index (χ4v) is 2.83. The summed E-state index contributed by atoms with van der Waals surface area (Å²) in [5, 5.41) is 0. The Bertz CT molecular complexity index is 331. The quantitative estimate of drug-likeness (QED) is 0.337. The molecule has 1 aliphatic heterocycles. The zero-order valence-electron chi connectivity index (χ0n) is 15.3. The van der Waals surface area contributed by atoms with Gasteiger partial charge in [0.05, 0.1) is 6.67 Å². The smallest absolute Gasteiger partial charge is 0.307 e. The fourth-order valence-electron chi connectivity index (χ4n) is 2.83. The van der Waals surface area contributed by atoms with Crippen molar-refractivity contribution in [1.82, 2.24) is 9.80 Å². The first-order valence-electron chi connectivity index (χ1n) is 9.50. The minimum atomic E-state index is -0.0659. The number of esters is 1. The van der Waals surface area contributed by atoms with E-state index in [2.05, 4.69) is 11.8 Å². The summed E-state index contributed by atoms with van der Waals surface area (Å²) in [6, 6.07) is 0. The van der Waals surface area contributed by atoms with Crippen LogP contribution in [-0.2, 0) is 9.53 Å². The molecule has 0 bridgehead atoms. The monoisotopic (exact) mass is 324 g/mol. The van der Waals surface area contributed by atoms with Crippen LogP contribution in [0.2, 0.25) is 0 Å². The minimum Gasteiger partial charge on any atom is -0.444 e. The summed E-state index contributed by atoms with van der Waals surface area (Å²) in [6.45, 7) is 3.43. The Kier molecular flexibility index (Phi) is 11.5. The molecule has 0 fully saturated rings. The number of carbonyl (C=O) groups excluding carboxylic acids is 1. The molecule has 0 saturated carbocycles. The van der Waals surface area contributed by atoms with Gasteiger partial charge in [-0.15, -0.1) is 0 Å². The minimum absolute atomic E-state index is 0.0659. The summed E-state index contributed by atoms with van der Waals surface area (Å²) in [5.41, 5.74) is 0. The summed E-state index contributed by atoms with van der Waals surface area (Å²) >= 11 is 0. The second-order valence-corrected chi connectivity index (χ2v) is 6.72. The lowest BCUT2D eigenvalue weighted by atomic mass is 10.1. The maximum Gasteiger partial charge on any atom is 0.307 e. The van der Waals surface area contributed by atoms with Crippen molar-refractivity contribution in [3.05, 3.63) is 12.4 Å². The molecular formula is C19H36N2O2. The molecule has 0 aromatic carbocycles. The molecule has 4 nitrogen and oxygen atoms in total. The lowest BCUT2D eigenvalue weighted by Gasteiger charge is -2.17. The van der Waals surface area contributed by atoms with E-state index in [-0.39, 0.29) is 5.97 Å². The number of hydrogen-bond donors (Lipinski definition) is 0. The third-order valence-corrected chi connectivity index (χ3v) is 4.31. The average molecular weight is 325 g/mol. The second-order valence-electron chi connectivity index (χ2n) is 6.72. The van der Waals surface area contributed by atoms with Gasteiger partial charge in [0.2, 0.25) is 0 Å². The van der Waals surface area contributed by atoms with E-state index in [4.69, 9.17) is 4.74 Å². The van der Waals surface area contributed by atoms with Gasteiger partial charge in [-0.05, 0) is 6.42 Å². The lowest BCUT2D eigenvalue weighted by Crippen LogP contribution is -2.26. The van der Waals surface area contributed by atoms with Crippen molar-refractivity contribution in [2.24, 2.45) is 0 Å². The molecule has 0 amide bonds. The van der Waals surface area contributed by atoms with E-state index in [1.165, 1.54) is 57.8 Å². The largest absolute Gasteiger partial charge is 0.444 e. The van der Waals surface area contributed by atoms with Crippen LogP contribution in [0.25, 0.3) is 0 Å². The number of nitrogens with zero attached hydrogens (tertiary/aromatic N) is 2. The summed E-state index contributed by atoms with van der Waals surface area (Å²) in [7, 11) is 2.00. The summed E-state index contributed by atoms with van der Waals surface area (Å²) in [4.78, 5) is 15.7. The molecule has 0 saturated heterocycles. The SMILES string of the molecule is CCCCCCCCCCCCCC(=O)OCN1C=CN(C)C1. The van der Waals surface area contributed by atoms with Crippen molar-refractivity contribution < 1.29 is 9.53 Å². The van der Waals surface area contributed by atoms with Gasteiger partial charge in [0.1, 0.15) is 0 Å². The standard InChI is InChI=1S/C19H36N2O2/c1-3-4-5-6-7-8-9-10-11-12-13-14-19(22)23-18-21-16-15-20(2)17-21/h15-16H,3-14,17-18H2,1-2H3. The number of ether oxygens (including phenoxy) is 1. The molecule has 4 heteroatoms. The van der Waals surface area contributed by atoms with Gasteiger partial charge in [0.15, 0.2) is 6.73 Å². The molecule has 23 heavy (non-hydrogen) atoms. The highest BCUT2D eigenvalue weighted by Gasteiger charge is 2.10. The van der Waals surface area contributed by atoms with Gasteiger partial charge in [-0.1, -0.05) is 71.1 Å².